The highest BCUT2D eigenvalue weighted by Gasteiger charge is 2.14. The second-order valence-electron chi connectivity index (χ2n) is 3.87. The fourth-order valence-electron chi connectivity index (χ4n) is 2.13. The number of benzene rings is 2. The van der Waals surface area contributed by atoms with E-state index in [9.17, 15) is 0 Å². The third-order valence-electron chi connectivity index (χ3n) is 2.88. The number of hydrogen-bond acceptors (Lipinski definition) is 2. The monoisotopic (exact) mass is 243 g/mol. The van der Waals surface area contributed by atoms with Crippen molar-refractivity contribution in [2.75, 3.05) is 5.73 Å². The normalized spacial score (nSPS) is 11.1. The molecule has 0 atom stereocenters. The fourth-order valence-corrected chi connectivity index (χ4v) is 2.38. The minimum Gasteiger partial charge on any atom is -0.454 e. The predicted molar refractivity (Wildman–Crippen MR) is 73.2 cm³/mol. The van der Waals surface area contributed by atoms with E-state index in [4.69, 9.17) is 21.8 Å². The van der Waals surface area contributed by atoms with E-state index < -0.39 is 0 Å². The minimum atomic E-state index is 0.527. The molecule has 3 rings (SSSR count). The van der Waals surface area contributed by atoms with E-state index in [1.54, 1.807) is 12.1 Å². The smallest absolute Gasteiger partial charge is 0.154 e. The van der Waals surface area contributed by atoms with Crippen LogP contribution >= 0.6 is 11.6 Å². The molecular weight excluding hydrogens is 234 g/mol. The molecule has 84 valence electrons. The van der Waals surface area contributed by atoms with Crippen LogP contribution < -0.4 is 5.73 Å². The first kappa shape index (κ1) is 10.2. The van der Waals surface area contributed by atoms with Crippen LogP contribution in [-0.4, -0.2) is 0 Å². The number of hydrogen-bond donors (Lipinski definition) is 1. The van der Waals surface area contributed by atoms with Crippen LogP contribution in [0.25, 0.3) is 28.0 Å². The van der Waals surface area contributed by atoms with Gasteiger partial charge in [0.25, 0.3) is 0 Å². The van der Waals surface area contributed by atoms with Crippen molar-refractivity contribution in [3.63, 3.8) is 0 Å². The lowest BCUT2D eigenvalue weighted by Gasteiger charge is -2.03. The molecule has 0 unspecified atom stereocenters. The van der Waals surface area contributed by atoms with E-state index in [1.807, 2.05) is 24.3 Å². The van der Waals surface area contributed by atoms with Gasteiger partial charge >= 0.3 is 0 Å². The summed E-state index contributed by atoms with van der Waals surface area (Å²) in [4.78, 5) is 0. The molecule has 1 aromatic heterocycles. The Balaban J connectivity index is 2.66. The van der Waals surface area contributed by atoms with Gasteiger partial charge in [0.05, 0.1) is 5.02 Å². The van der Waals surface area contributed by atoms with Crippen molar-refractivity contribution in [3.8, 4) is 0 Å². The lowest BCUT2D eigenvalue weighted by atomic mass is 10.0. The molecule has 2 nitrogen and oxygen atoms in total. The number of furan rings is 1. The summed E-state index contributed by atoms with van der Waals surface area (Å²) in [6.45, 7) is 3.79. The van der Waals surface area contributed by atoms with Crippen molar-refractivity contribution in [1.82, 2.24) is 0 Å². The van der Waals surface area contributed by atoms with Gasteiger partial charge in [-0.1, -0.05) is 42.5 Å². The summed E-state index contributed by atoms with van der Waals surface area (Å²) in [6.07, 6.45) is 1.73. The van der Waals surface area contributed by atoms with Gasteiger partial charge in [-0.25, -0.2) is 0 Å². The Hall–Kier alpha value is -1.93. The first-order valence-corrected chi connectivity index (χ1v) is 5.62. The highest BCUT2D eigenvalue weighted by Crippen LogP contribution is 2.38. The van der Waals surface area contributed by atoms with Gasteiger partial charge in [-0.3, -0.25) is 0 Å². The van der Waals surface area contributed by atoms with Crippen LogP contribution in [-0.2, 0) is 0 Å². The van der Waals surface area contributed by atoms with Gasteiger partial charge in [0.1, 0.15) is 5.58 Å². The summed E-state index contributed by atoms with van der Waals surface area (Å²) in [5.41, 5.74) is 8.90. The Kier molecular flexibility index (Phi) is 2.13. The molecule has 0 radical (unpaired) electrons. The molecule has 0 aliphatic heterocycles. The zero-order valence-electron chi connectivity index (χ0n) is 9.03. The highest BCUT2D eigenvalue weighted by molar-refractivity contribution is 6.36. The second kappa shape index (κ2) is 3.54. The lowest BCUT2D eigenvalue weighted by Crippen LogP contribution is -1.89. The molecule has 0 saturated carbocycles. The van der Waals surface area contributed by atoms with E-state index in [2.05, 4.69) is 6.58 Å². The molecule has 0 aliphatic carbocycles. The van der Waals surface area contributed by atoms with Crippen molar-refractivity contribution < 1.29 is 4.42 Å². The highest BCUT2D eigenvalue weighted by atomic mass is 35.5. The van der Waals surface area contributed by atoms with E-state index >= 15 is 0 Å². The van der Waals surface area contributed by atoms with Crippen molar-refractivity contribution in [1.29, 1.82) is 0 Å². The number of rotatable bonds is 1. The third-order valence-corrected chi connectivity index (χ3v) is 3.16. The van der Waals surface area contributed by atoms with E-state index in [0.717, 1.165) is 21.9 Å². The summed E-state index contributed by atoms with van der Waals surface area (Å²) in [7, 11) is 0. The summed E-state index contributed by atoms with van der Waals surface area (Å²) in [5.74, 6) is 0. The molecule has 1 heterocycles. The quantitative estimate of drug-likeness (QED) is 0.641. The topological polar surface area (TPSA) is 39.2 Å². The van der Waals surface area contributed by atoms with Gasteiger partial charge in [0, 0.05) is 22.0 Å². The average Bonchev–Trinajstić information content (AvgIpc) is 2.70. The first-order valence-electron chi connectivity index (χ1n) is 5.24. The molecule has 0 spiro atoms. The Bertz CT molecular complexity index is 743. The molecule has 3 aromatic rings. The van der Waals surface area contributed by atoms with E-state index in [0.29, 0.717) is 16.3 Å². The predicted octanol–water partition coefficient (Wildman–Crippen LogP) is 4.46. The summed E-state index contributed by atoms with van der Waals surface area (Å²) in [5, 5.41) is 2.46. The number of halogens is 1. The maximum absolute atomic E-state index is 6.15. The molecule has 3 heteroatoms. The maximum Gasteiger partial charge on any atom is 0.154 e. The molecule has 0 amide bonds. The van der Waals surface area contributed by atoms with Gasteiger partial charge in [-0.15, -0.1) is 0 Å². The minimum absolute atomic E-state index is 0.527. The molecule has 2 aromatic carbocycles. The van der Waals surface area contributed by atoms with Crippen molar-refractivity contribution in [3.05, 3.63) is 47.5 Å². The molecular formula is C14H10ClNO. The molecule has 2 N–H and O–H groups in total. The fraction of sp³-hybridized carbons (Fsp3) is 0. The van der Waals surface area contributed by atoms with Crippen LogP contribution in [0.5, 0.6) is 0 Å². The summed E-state index contributed by atoms with van der Waals surface area (Å²) in [6, 6.07) is 9.48. The standard InChI is InChI=1S/C14H10ClNO/c1-2-8-11(16)7-10(15)14-13(8)9-5-3-4-6-12(9)17-14/h2-7H,1,16H2. The third kappa shape index (κ3) is 1.34. The zero-order valence-corrected chi connectivity index (χ0v) is 9.79. The number of nitrogen functional groups attached to an aromatic ring is 1. The SMILES string of the molecule is C=Cc1c(N)cc(Cl)c2oc3ccccc3c12. The number of fused-ring (bicyclic) bond motifs is 3. The Morgan fingerprint density at radius 1 is 1.29 bits per heavy atom. The van der Waals surface area contributed by atoms with Crippen molar-refractivity contribution in [2.45, 2.75) is 0 Å². The van der Waals surface area contributed by atoms with Crippen LogP contribution in [0.15, 0.2) is 41.3 Å². The largest absolute Gasteiger partial charge is 0.454 e. The number of para-hydroxylation sites is 1. The number of anilines is 1. The Morgan fingerprint density at radius 2 is 2.06 bits per heavy atom. The Labute approximate surface area is 103 Å². The molecule has 0 bridgehead atoms. The van der Waals surface area contributed by atoms with Gasteiger partial charge in [0.2, 0.25) is 0 Å². The Morgan fingerprint density at radius 3 is 2.82 bits per heavy atom. The lowest BCUT2D eigenvalue weighted by molar-refractivity contribution is 0.669. The molecule has 0 fully saturated rings. The zero-order chi connectivity index (χ0) is 12.0. The number of nitrogens with two attached hydrogens (primary N) is 1. The average molecular weight is 244 g/mol. The van der Waals surface area contributed by atoms with Crippen LogP contribution in [0.3, 0.4) is 0 Å². The summed E-state index contributed by atoms with van der Waals surface area (Å²) < 4.78 is 5.75. The summed E-state index contributed by atoms with van der Waals surface area (Å²) >= 11 is 6.15. The molecule has 17 heavy (non-hydrogen) atoms. The van der Waals surface area contributed by atoms with Gasteiger partial charge in [-0.05, 0) is 12.1 Å². The molecule has 0 saturated heterocycles. The molecule has 0 aliphatic rings. The van der Waals surface area contributed by atoms with Crippen LogP contribution in [0.2, 0.25) is 5.02 Å². The van der Waals surface area contributed by atoms with Crippen LogP contribution in [0.4, 0.5) is 5.69 Å². The van der Waals surface area contributed by atoms with Gasteiger partial charge in [0.15, 0.2) is 5.58 Å². The van der Waals surface area contributed by atoms with Crippen LogP contribution in [0.1, 0.15) is 5.56 Å². The van der Waals surface area contributed by atoms with Gasteiger partial charge < -0.3 is 10.2 Å². The van der Waals surface area contributed by atoms with Gasteiger partial charge in [-0.2, -0.15) is 0 Å². The second-order valence-corrected chi connectivity index (χ2v) is 4.27. The first-order chi connectivity index (χ1) is 8.22. The van der Waals surface area contributed by atoms with E-state index in [1.165, 1.54) is 0 Å². The van der Waals surface area contributed by atoms with Crippen molar-refractivity contribution in [2.24, 2.45) is 0 Å². The maximum atomic E-state index is 6.15. The van der Waals surface area contributed by atoms with Crippen molar-refractivity contribution >= 4 is 45.3 Å². The van der Waals surface area contributed by atoms with E-state index in [-0.39, 0.29) is 0 Å². The van der Waals surface area contributed by atoms with Crippen LogP contribution in [0, 0.1) is 0 Å².